The van der Waals surface area contributed by atoms with Crippen molar-refractivity contribution in [1.29, 1.82) is 0 Å². The minimum absolute atomic E-state index is 0.0332. The zero-order valence-electron chi connectivity index (χ0n) is 29.0. The Morgan fingerprint density at radius 1 is 1.02 bits per heavy atom. The number of amides is 1. The fourth-order valence-electron chi connectivity index (χ4n) is 8.61. The van der Waals surface area contributed by atoms with Crippen LogP contribution in [0.2, 0.25) is 0 Å². The van der Waals surface area contributed by atoms with Crippen LogP contribution in [0.1, 0.15) is 44.1 Å². The average Bonchev–Trinajstić information content (AvgIpc) is 3.59. The van der Waals surface area contributed by atoms with Crippen molar-refractivity contribution in [2.75, 3.05) is 50.1 Å². The molecule has 11 heteroatoms. The van der Waals surface area contributed by atoms with Crippen LogP contribution < -0.4 is 10.2 Å². The van der Waals surface area contributed by atoms with Crippen LogP contribution in [-0.2, 0) is 29.7 Å². The lowest BCUT2D eigenvalue weighted by Gasteiger charge is -2.46. The van der Waals surface area contributed by atoms with Crippen molar-refractivity contribution in [3.63, 3.8) is 0 Å². The van der Waals surface area contributed by atoms with E-state index in [4.69, 9.17) is 11.3 Å². The number of ether oxygens (including phenoxy) is 1. The van der Waals surface area contributed by atoms with Gasteiger partial charge in [0.25, 0.3) is 5.54 Å². The number of halogens is 1. The van der Waals surface area contributed by atoms with Crippen LogP contribution in [-0.4, -0.2) is 65.0 Å². The molecule has 2 aliphatic heterocycles. The molecule has 1 aliphatic carbocycles. The maximum atomic E-state index is 14.6. The van der Waals surface area contributed by atoms with Gasteiger partial charge in [0, 0.05) is 60.7 Å². The first-order valence-corrected chi connectivity index (χ1v) is 19.1. The lowest BCUT2D eigenvalue weighted by molar-refractivity contribution is -0.142. The Morgan fingerprint density at radius 2 is 1.75 bits per heavy atom. The number of benzene rings is 3. The molecule has 3 aromatic rings. The highest BCUT2D eigenvalue weighted by Gasteiger charge is 2.58. The third-order valence-corrected chi connectivity index (χ3v) is 12.9. The lowest BCUT2D eigenvalue weighted by atomic mass is 9.63. The summed E-state index contributed by atoms with van der Waals surface area (Å²) >= 11 is 0. The van der Waals surface area contributed by atoms with Gasteiger partial charge in [0.2, 0.25) is 15.7 Å². The number of methoxy groups -OCH3 is 1. The van der Waals surface area contributed by atoms with Gasteiger partial charge in [0.05, 0.1) is 16.9 Å². The predicted octanol–water partition coefficient (Wildman–Crippen LogP) is 6.73. The molecule has 268 valence electrons. The first kappa shape index (κ1) is 36.3. The molecular formula is C40H45FN4O5S. The summed E-state index contributed by atoms with van der Waals surface area (Å²) in [7, 11) is -2.38. The quantitative estimate of drug-likeness (QED) is 0.126. The molecule has 1 amide bonds. The van der Waals surface area contributed by atoms with Gasteiger partial charge in [-0.15, -0.1) is 0 Å². The zero-order valence-corrected chi connectivity index (χ0v) is 29.8. The molecule has 3 fully saturated rings. The highest BCUT2D eigenvalue weighted by Crippen LogP contribution is 2.54. The minimum Gasteiger partial charge on any atom is -0.469 e. The van der Waals surface area contributed by atoms with E-state index in [9.17, 15) is 22.4 Å². The van der Waals surface area contributed by atoms with Crippen LogP contribution in [0.4, 0.5) is 15.8 Å². The number of likely N-dealkylation sites (tertiary alicyclic amines) is 1. The van der Waals surface area contributed by atoms with E-state index in [2.05, 4.69) is 26.5 Å². The van der Waals surface area contributed by atoms with Crippen molar-refractivity contribution in [2.24, 2.45) is 23.7 Å². The first-order chi connectivity index (χ1) is 24.6. The first-order valence-electron chi connectivity index (χ1n) is 17.6. The largest absolute Gasteiger partial charge is 0.469 e. The molecule has 0 aromatic heterocycles. The van der Waals surface area contributed by atoms with E-state index >= 15 is 0 Å². The van der Waals surface area contributed by atoms with Crippen molar-refractivity contribution in [1.82, 2.24) is 4.90 Å². The molecule has 3 atom stereocenters. The van der Waals surface area contributed by atoms with Crippen LogP contribution in [0.25, 0.3) is 4.85 Å². The molecule has 3 aromatic carbocycles. The number of carbonyl (C=O) groups is 2. The second kappa shape index (κ2) is 15.4. The molecular weight excluding hydrogens is 668 g/mol. The lowest BCUT2D eigenvalue weighted by Crippen LogP contribution is -2.53. The normalized spacial score (nSPS) is 21.2. The number of carbonyl (C=O) groups excluding carboxylic acids is 2. The number of hydrogen-bond acceptors (Lipinski definition) is 7. The summed E-state index contributed by atoms with van der Waals surface area (Å²) in [6.45, 7) is 16.4. The van der Waals surface area contributed by atoms with E-state index in [1.807, 2.05) is 18.2 Å². The van der Waals surface area contributed by atoms with Crippen LogP contribution >= 0.6 is 0 Å². The molecule has 2 saturated heterocycles. The molecule has 0 radical (unpaired) electrons. The second-order valence-corrected chi connectivity index (χ2v) is 16.0. The number of nitrogens with zero attached hydrogens (tertiary/aromatic N) is 3. The van der Waals surface area contributed by atoms with Gasteiger partial charge in [-0.1, -0.05) is 31.2 Å². The number of nitrogens with one attached hydrogen (secondary N) is 1. The summed E-state index contributed by atoms with van der Waals surface area (Å²) in [5.41, 5.74) is 1.19. The molecule has 0 unspecified atom stereocenters. The standard InChI is InChI=1S/C40H45FN4O5S/c1-4-38(46)43-33-11-7-12-36(24-33)51(48,49)35-16-14-34(15-17-35)45-26-28(27-45)25-44-20-18-30(19-21-44)40(42-2,31-9-6-10-32(41)23-31)37-13-5-8-29(37)22-39(47)50-3/h4,6-7,9-12,14-17,23-24,28-30,37H,1,5,8,13,18-22,25-27H2,3H3,(H,43,46)/t29-,37+,40+/m1/s1. The molecule has 2 heterocycles. The Bertz CT molecular complexity index is 1900. The maximum absolute atomic E-state index is 14.6. The number of anilines is 2. The van der Waals surface area contributed by atoms with Crippen LogP contribution in [0.15, 0.2) is 95.2 Å². The Hall–Kier alpha value is -4.53. The molecule has 3 aliphatic rings. The van der Waals surface area contributed by atoms with Crippen LogP contribution in [0.3, 0.4) is 0 Å². The molecule has 1 N–H and O–H groups in total. The number of sulfone groups is 1. The smallest absolute Gasteiger partial charge is 0.305 e. The van der Waals surface area contributed by atoms with Gasteiger partial charge in [-0.2, -0.15) is 0 Å². The Kier molecular flexibility index (Phi) is 10.9. The fraction of sp³-hybridized carbons (Fsp3) is 0.425. The number of hydrogen-bond donors (Lipinski definition) is 1. The number of rotatable bonds is 12. The Labute approximate surface area is 300 Å². The van der Waals surface area contributed by atoms with Crippen molar-refractivity contribution < 1.29 is 27.1 Å². The van der Waals surface area contributed by atoms with E-state index in [1.165, 1.54) is 31.4 Å². The highest BCUT2D eigenvalue weighted by atomic mass is 32.2. The van der Waals surface area contributed by atoms with Crippen LogP contribution in [0.5, 0.6) is 0 Å². The molecule has 9 nitrogen and oxygen atoms in total. The highest BCUT2D eigenvalue weighted by molar-refractivity contribution is 7.91. The van der Waals surface area contributed by atoms with Gasteiger partial charge in [-0.05, 0) is 105 Å². The third-order valence-electron chi connectivity index (χ3n) is 11.1. The Balaban J connectivity index is 1.06. The summed E-state index contributed by atoms with van der Waals surface area (Å²) in [6.07, 6.45) is 5.73. The van der Waals surface area contributed by atoms with E-state index < -0.39 is 21.3 Å². The van der Waals surface area contributed by atoms with E-state index in [0.29, 0.717) is 11.6 Å². The fourth-order valence-corrected chi connectivity index (χ4v) is 9.92. The monoisotopic (exact) mass is 712 g/mol. The summed E-state index contributed by atoms with van der Waals surface area (Å²) in [4.78, 5) is 33.4. The maximum Gasteiger partial charge on any atom is 0.305 e. The van der Waals surface area contributed by atoms with E-state index in [1.54, 1.807) is 30.3 Å². The zero-order chi connectivity index (χ0) is 36.2. The van der Waals surface area contributed by atoms with Crippen molar-refractivity contribution >= 4 is 33.1 Å². The molecule has 6 rings (SSSR count). The second-order valence-electron chi connectivity index (χ2n) is 14.1. The topological polar surface area (TPSA) is 100 Å². The van der Waals surface area contributed by atoms with E-state index in [-0.39, 0.29) is 45.8 Å². The number of piperidine rings is 1. The third kappa shape index (κ3) is 7.58. The van der Waals surface area contributed by atoms with Gasteiger partial charge in [0.1, 0.15) is 5.82 Å². The molecule has 0 spiro atoms. The van der Waals surface area contributed by atoms with Crippen LogP contribution in [0, 0.1) is 36.1 Å². The molecule has 1 saturated carbocycles. The van der Waals surface area contributed by atoms with Gasteiger partial charge < -0.3 is 24.7 Å². The molecule has 51 heavy (non-hydrogen) atoms. The van der Waals surface area contributed by atoms with Gasteiger partial charge in [-0.25, -0.2) is 19.4 Å². The summed E-state index contributed by atoms with van der Waals surface area (Å²) in [6, 6.07) is 19.6. The molecule has 0 bridgehead atoms. The number of esters is 1. The van der Waals surface area contributed by atoms with Crippen molar-refractivity contribution in [3.8, 4) is 0 Å². The van der Waals surface area contributed by atoms with E-state index in [0.717, 1.165) is 82.2 Å². The SMILES string of the molecule is [C-]#[N+][C@](c1cccc(F)c1)(C1CCN(CC2CN(c3ccc(S(=O)(=O)c4cccc(NC(=O)C=C)c4)cc3)C2)CC1)[C@H]1CCC[C@@H]1CC(=O)OC. The van der Waals surface area contributed by atoms with Gasteiger partial charge in [0.15, 0.2) is 0 Å². The Morgan fingerprint density at radius 3 is 2.41 bits per heavy atom. The predicted molar refractivity (Wildman–Crippen MR) is 194 cm³/mol. The summed E-state index contributed by atoms with van der Waals surface area (Å²) in [5.74, 6) is -0.500. The summed E-state index contributed by atoms with van der Waals surface area (Å²) < 4.78 is 46.3. The minimum atomic E-state index is -3.78. The van der Waals surface area contributed by atoms with Crippen molar-refractivity contribution in [2.45, 2.75) is 53.9 Å². The average molecular weight is 713 g/mol. The van der Waals surface area contributed by atoms with Crippen molar-refractivity contribution in [3.05, 3.63) is 108 Å². The summed E-state index contributed by atoms with van der Waals surface area (Å²) in [5, 5.41) is 2.60. The van der Waals surface area contributed by atoms with Gasteiger partial charge >= 0.3 is 5.97 Å². The van der Waals surface area contributed by atoms with Gasteiger partial charge in [-0.3, -0.25) is 9.59 Å².